The van der Waals surface area contributed by atoms with Crippen molar-refractivity contribution in [2.24, 2.45) is 5.41 Å². The molecule has 1 aliphatic rings. The highest BCUT2D eigenvalue weighted by molar-refractivity contribution is 6.13. The van der Waals surface area contributed by atoms with Gasteiger partial charge in [-0.2, -0.15) is 0 Å². The normalized spacial score (nSPS) is 19.8. The van der Waals surface area contributed by atoms with E-state index in [-0.39, 0.29) is 11.7 Å². The first-order chi connectivity index (χ1) is 6.34. The molecule has 76 valence electrons. The van der Waals surface area contributed by atoms with Crippen molar-refractivity contribution in [2.75, 3.05) is 0 Å². The lowest BCUT2D eigenvalue weighted by Crippen LogP contribution is -2.46. The Morgan fingerprint density at radius 2 is 2.00 bits per heavy atom. The number of carbonyl (C=O) groups is 3. The summed E-state index contributed by atoms with van der Waals surface area (Å²) in [5.41, 5.74) is -1.09. The Labute approximate surface area is 81.1 Å². The fraction of sp³-hybridized carbons (Fsp3) is 0.444. The van der Waals surface area contributed by atoms with Crippen molar-refractivity contribution in [3.63, 3.8) is 0 Å². The van der Waals surface area contributed by atoms with Gasteiger partial charge in [0.15, 0.2) is 5.78 Å². The first kappa shape index (κ1) is 10.4. The van der Waals surface area contributed by atoms with E-state index in [1.807, 2.05) is 0 Å². The van der Waals surface area contributed by atoms with E-state index in [4.69, 9.17) is 0 Å². The third-order valence-electron chi connectivity index (χ3n) is 1.94. The van der Waals surface area contributed by atoms with E-state index in [2.05, 4.69) is 10.1 Å². The monoisotopic (exact) mass is 197 g/mol. The van der Waals surface area contributed by atoms with Crippen LogP contribution in [-0.2, 0) is 19.1 Å². The Kier molecular flexibility index (Phi) is 2.42. The molecule has 1 amide bonds. The van der Waals surface area contributed by atoms with Gasteiger partial charge in [0.25, 0.3) is 0 Å². The summed E-state index contributed by atoms with van der Waals surface area (Å²) in [6.45, 7) is 4.20. The zero-order chi connectivity index (χ0) is 10.9. The van der Waals surface area contributed by atoms with E-state index in [0.29, 0.717) is 0 Å². The first-order valence-electron chi connectivity index (χ1n) is 4.10. The Hall–Kier alpha value is -1.65. The molecule has 0 saturated heterocycles. The number of esters is 1. The van der Waals surface area contributed by atoms with E-state index in [0.717, 1.165) is 6.08 Å². The summed E-state index contributed by atoms with van der Waals surface area (Å²) in [6, 6.07) is 0. The minimum Gasteiger partial charge on any atom is -0.409 e. The molecule has 5 nitrogen and oxygen atoms in total. The van der Waals surface area contributed by atoms with E-state index < -0.39 is 17.3 Å². The van der Waals surface area contributed by atoms with E-state index >= 15 is 0 Å². The quantitative estimate of drug-likeness (QED) is 0.478. The number of ketones is 1. The summed E-state index contributed by atoms with van der Waals surface area (Å²) in [7, 11) is 0. The van der Waals surface area contributed by atoms with Crippen LogP contribution in [0.25, 0.3) is 0 Å². The molecule has 0 radical (unpaired) electrons. The number of hydrogen-bond donors (Lipinski definition) is 1. The highest BCUT2D eigenvalue weighted by Gasteiger charge is 2.39. The third-order valence-corrected chi connectivity index (χ3v) is 1.94. The van der Waals surface area contributed by atoms with Crippen molar-refractivity contribution < 1.29 is 19.1 Å². The molecule has 0 atom stereocenters. The molecule has 0 aromatic rings. The maximum absolute atomic E-state index is 11.4. The second-order valence-corrected chi connectivity index (χ2v) is 3.55. The van der Waals surface area contributed by atoms with Gasteiger partial charge in [0.1, 0.15) is 5.41 Å². The molecule has 0 spiro atoms. The summed E-state index contributed by atoms with van der Waals surface area (Å²) in [5.74, 6) is -1.53. The van der Waals surface area contributed by atoms with Crippen molar-refractivity contribution in [1.82, 2.24) is 5.32 Å². The highest BCUT2D eigenvalue weighted by Crippen LogP contribution is 2.22. The molecule has 14 heavy (non-hydrogen) atoms. The van der Waals surface area contributed by atoms with Crippen LogP contribution in [0.3, 0.4) is 0 Å². The van der Waals surface area contributed by atoms with Crippen molar-refractivity contribution in [3.05, 3.63) is 12.0 Å². The van der Waals surface area contributed by atoms with E-state index in [9.17, 15) is 14.4 Å². The molecule has 0 bridgehead atoms. The number of carbonyl (C=O) groups excluding carboxylic acids is 3. The van der Waals surface area contributed by atoms with Crippen LogP contribution in [0.15, 0.2) is 12.0 Å². The minimum absolute atomic E-state index is 0.105. The molecule has 0 aliphatic carbocycles. The SMILES string of the molecule is CC(=O)OC1=CC(=O)C(C)(C)C(=O)N1. The van der Waals surface area contributed by atoms with Gasteiger partial charge in [-0.05, 0) is 13.8 Å². The number of nitrogens with one attached hydrogen (secondary N) is 1. The molecule has 0 saturated carbocycles. The lowest BCUT2D eigenvalue weighted by Gasteiger charge is -2.25. The van der Waals surface area contributed by atoms with Gasteiger partial charge in [-0.3, -0.25) is 19.7 Å². The number of allylic oxidation sites excluding steroid dienone is 1. The fourth-order valence-corrected chi connectivity index (χ4v) is 0.925. The Morgan fingerprint density at radius 1 is 1.43 bits per heavy atom. The highest BCUT2D eigenvalue weighted by atomic mass is 16.5. The molecule has 0 unspecified atom stereocenters. The van der Waals surface area contributed by atoms with E-state index in [1.54, 1.807) is 0 Å². The summed E-state index contributed by atoms with van der Waals surface area (Å²) < 4.78 is 4.59. The van der Waals surface area contributed by atoms with Crippen molar-refractivity contribution in [2.45, 2.75) is 20.8 Å². The maximum atomic E-state index is 11.4. The van der Waals surface area contributed by atoms with Crippen LogP contribution in [0.4, 0.5) is 0 Å². The summed E-state index contributed by atoms with van der Waals surface area (Å²) in [5, 5.41) is 2.33. The topological polar surface area (TPSA) is 72.5 Å². The smallest absolute Gasteiger partial charge is 0.309 e. The van der Waals surface area contributed by atoms with Crippen LogP contribution in [0.2, 0.25) is 0 Å². The number of hydrogen-bond acceptors (Lipinski definition) is 4. The standard InChI is InChI=1S/C9H11NO4/c1-5(11)14-7-4-6(12)9(2,3)8(13)10-7/h4H,1-3H3,(H,10,13). The minimum atomic E-state index is -1.09. The molecular formula is C9H11NO4. The van der Waals surface area contributed by atoms with E-state index in [1.165, 1.54) is 20.8 Å². The second-order valence-electron chi connectivity index (χ2n) is 3.55. The zero-order valence-electron chi connectivity index (χ0n) is 8.21. The molecule has 1 heterocycles. The van der Waals surface area contributed by atoms with Gasteiger partial charge in [-0.15, -0.1) is 0 Å². The van der Waals surface area contributed by atoms with Gasteiger partial charge in [0.2, 0.25) is 11.8 Å². The number of rotatable bonds is 1. The Morgan fingerprint density at radius 3 is 2.43 bits per heavy atom. The third kappa shape index (κ3) is 1.81. The molecule has 1 N–H and O–H groups in total. The molecule has 5 heteroatoms. The largest absolute Gasteiger partial charge is 0.409 e. The fourth-order valence-electron chi connectivity index (χ4n) is 0.925. The molecule has 1 rings (SSSR count). The van der Waals surface area contributed by atoms with Crippen LogP contribution in [0.5, 0.6) is 0 Å². The van der Waals surface area contributed by atoms with Gasteiger partial charge in [0, 0.05) is 13.0 Å². The van der Waals surface area contributed by atoms with Crippen LogP contribution >= 0.6 is 0 Å². The summed E-state index contributed by atoms with van der Waals surface area (Å²) in [4.78, 5) is 33.3. The Balaban J connectivity index is 2.91. The number of amides is 1. The molecule has 0 aromatic heterocycles. The van der Waals surface area contributed by atoms with Crippen LogP contribution in [0.1, 0.15) is 20.8 Å². The predicted octanol–water partition coefficient (Wildman–Crippen LogP) is 0.116. The van der Waals surface area contributed by atoms with Crippen LogP contribution < -0.4 is 5.32 Å². The summed E-state index contributed by atoms with van der Waals surface area (Å²) in [6.07, 6.45) is 1.11. The Bertz CT molecular complexity index is 341. The van der Waals surface area contributed by atoms with Crippen LogP contribution in [0, 0.1) is 5.41 Å². The average molecular weight is 197 g/mol. The van der Waals surface area contributed by atoms with Crippen molar-refractivity contribution in [3.8, 4) is 0 Å². The lowest BCUT2D eigenvalue weighted by molar-refractivity contribution is -0.142. The van der Waals surface area contributed by atoms with Crippen molar-refractivity contribution in [1.29, 1.82) is 0 Å². The molecule has 0 aromatic carbocycles. The molecule has 0 fully saturated rings. The zero-order valence-corrected chi connectivity index (χ0v) is 8.21. The van der Waals surface area contributed by atoms with Crippen LogP contribution in [-0.4, -0.2) is 17.7 Å². The second kappa shape index (κ2) is 3.25. The van der Waals surface area contributed by atoms with Crippen molar-refractivity contribution >= 4 is 17.7 Å². The van der Waals surface area contributed by atoms with Gasteiger partial charge in [0.05, 0.1) is 0 Å². The molecular weight excluding hydrogens is 186 g/mol. The van der Waals surface area contributed by atoms with Gasteiger partial charge >= 0.3 is 5.97 Å². The number of ether oxygens (including phenoxy) is 1. The lowest BCUT2D eigenvalue weighted by atomic mass is 9.85. The van der Waals surface area contributed by atoms with Gasteiger partial charge in [-0.1, -0.05) is 0 Å². The van der Waals surface area contributed by atoms with Gasteiger partial charge < -0.3 is 4.74 Å². The summed E-state index contributed by atoms with van der Waals surface area (Å²) >= 11 is 0. The first-order valence-corrected chi connectivity index (χ1v) is 4.10. The maximum Gasteiger partial charge on any atom is 0.309 e. The molecule has 1 aliphatic heterocycles. The predicted molar refractivity (Wildman–Crippen MR) is 46.8 cm³/mol. The van der Waals surface area contributed by atoms with Gasteiger partial charge in [-0.25, -0.2) is 0 Å². The average Bonchev–Trinajstić information content (AvgIpc) is 1.99.